The van der Waals surface area contributed by atoms with Gasteiger partial charge >= 0.3 is 5.97 Å². The lowest BCUT2D eigenvalue weighted by atomic mass is 9.86. The van der Waals surface area contributed by atoms with Crippen LogP contribution in [0.25, 0.3) is 22.5 Å². The minimum absolute atomic E-state index is 0.0375. The predicted molar refractivity (Wildman–Crippen MR) is 204 cm³/mol. The predicted octanol–water partition coefficient (Wildman–Crippen LogP) is 8.42. The molecule has 1 heterocycles. The summed E-state index contributed by atoms with van der Waals surface area (Å²) in [5.41, 5.74) is 4.98. The van der Waals surface area contributed by atoms with E-state index < -0.39 is 17.9 Å². The lowest BCUT2D eigenvalue weighted by molar-refractivity contribution is -0.137. The molecule has 1 unspecified atom stereocenters. The van der Waals surface area contributed by atoms with Crippen molar-refractivity contribution < 1.29 is 24.2 Å². The molecule has 0 spiro atoms. The maximum Gasteiger partial charge on any atom is 0.305 e. The smallest absolute Gasteiger partial charge is 0.305 e. The number of rotatable bonds is 17. The van der Waals surface area contributed by atoms with Gasteiger partial charge in [-0.2, -0.15) is 0 Å². The van der Waals surface area contributed by atoms with Gasteiger partial charge < -0.3 is 20.5 Å². The Morgan fingerprint density at radius 2 is 1.39 bits per heavy atom. The van der Waals surface area contributed by atoms with E-state index in [1.54, 1.807) is 24.5 Å². The third-order valence-electron chi connectivity index (χ3n) is 8.28. The quantitative estimate of drug-likeness (QED) is 0.0946. The first kappa shape index (κ1) is 40.4. The molecule has 4 aromatic rings. The SMILES string of the molecule is CC.CCCCCCCOc1ccc(-c2cnc(-c3ccc(CC(NC(=O)c4ccc(C(C)(C)C)cc4)C(=O)NCCC(=O)O)cc3)nc2)cc1. The maximum absolute atomic E-state index is 13.2. The number of carboxylic acids is 1. The van der Waals surface area contributed by atoms with Crippen LogP contribution in [0.4, 0.5) is 0 Å². The fourth-order valence-electron chi connectivity index (χ4n) is 5.28. The Hall–Kier alpha value is -5.05. The van der Waals surface area contributed by atoms with E-state index in [1.807, 2.05) is 74.5 Å². The summed E-state index contributed by atoms with van der Waals surface area (Å²) < 4.78 is 5.88. The maximum atomic E-state index is 13.2. The van der Waals surface area contributed by atoms with Crippen LogP contribution in [-0.4, -0.2) is 52.1 Å². The van der Waals surface area contributed by atoms with Crippen LogP contribution in [0.3, 0.4) is 0 Å². The van der Waals surface area contributed by atoms with E-state index in [9.17, 15) is 14.4 Å². The summed E-state index contributed by atoms with van der Waals surface area (Å²) in [4.78, 5) is 46.4. The molecule has 0 aliphatic rings. The molecule has 0 fully saturated rings. The summed E-state index contributed by atoms with van der Waals surface area (Å²) in [6.45, 7) is 13.2. The first-order chi connectivity index (χ1) is 24.5. The molecule has 3 N–H and O–H groups in total. The molecule has 9 heteroatoms. The summed E-state index contributed by atoms with van der Waals surface area (Å²) >= 11 is 0. The second-order valence-corrected chi connectivity index (χ2v) is 13.3. The number of benzene rings is 3. The summed E-state index contributed by atoms with van der Waals surface area (Å²) in [6, 6.07) is 21.9. The third kappa shape index (κ3) is 13.3. The molecule has 0 bridgehead atoms. The molecule has 4 rings (SSSR count). The molecule has 51 heavy (non-hydrogen) atoms. The van der Waals surface area contributed by atoms with Gasteiger partial charge in [0.25, 0.3) is 5.91 Å². The average Bonchev–Trinajstić information content (AvgIpc) is 3.14. The van der Waals surface area contributed by atoms with Crippen molar-refractivity contribution in [3.8, 4) is 28.3 Å². The molecule has 0 saturated heterocycles. The molecule has 272 valence electrons. The van der Waals surface area contributed by atoms with E-state index >= 15 is 0 Å². The zero-order chi connectivity index (χ0) is 37.2. The Bertz CT molecular complexity index is 1650. The number of aliphatic carboxylic acids is 1. The fraction of sp³-hybridized carbons (Fsp3) is 0.405. The van der Waals surface area contributed by atoms with Crippen LogP contribution in [0.5, 0.6) is 5.75 Å². The van der Waals surface area contributed by atoms with E-state index in [1.165, 1.54) is 25.7 Å². The number of carbonyl (C=O) groups is 3. The van der Waals surface area contributed by atoms with Crippen molar-refractivity contribution in [3.63, 3.8) is 0 Å². The van der Waals surface area contributed by atoms with Crippen molar-refractivity contribution in [3.05, 3.63) is 102 Å². The van der Waals surface area contributed by atoms with Gasteiger partial charge in [-0.25, -0.2) is 9.97 Å². The van der Waals surface area contributed by atoms with Gasteiger partial charge in [0.1, 0.15) is 11.8 Å². The van der Waals surface area contributed by atoms with Gasteiger partial charge in [0.2, 0.25) is 5.91 Å². The van der Waals surface area contributed by atoms with Crippen molar-refractivity contribution in [2.75, 3.05) is 13.2 Å². The van der Waals surface area contributed by atoms with E-state index in [4.69, 9.17) is 9.84 Å². The number of ether oxygens (including phenoxy) is 1. The van der Waals surface area contributed by atoms with Gasteiger partial charge in [-0.3, -0.25) is 14.4 Å². The molecule has 1 aromatic heterocycles. The number of carboxylic acid groups (broad SMARTS) is 1. The Balaban J connectivity index is 0.00000345. The number of hydrogen-bond acceptors (Lipinski definition) is 6. The number of carbonyl (C=O) groups excluding carboxylic acids is 2. The van der Waals surface area contributed by atoms with Crippen molar-refractivity contribution in [2.24, 2.45) is 0 Å². The zero-order valence-corrected chi connectivity index (χ0v) is 31.0. The molecule has 0 aliphatic heterocycles. The first-order valence-corrected chi connectivity index (χ1v) is 18.1. The molecule has 0 radical (unpaired) electrons. The molecular weight excluding hydrogens is 640 g/mol. The largest absolute Gasteiger partial charge is 0.494 e. The van der Waals surface area contributed by atoms with Crippen LogP contribution >= 0.6 is 0 Å². The first-order valence-electron chi connectivity index (χ1n) is 18.1. The lowest BCUT2D eigenvalue weighted by Crippen LogP contribution is -2.48. The summed E-state index contributed by atoms with van der Waals surface area (Å²) in [7, 11) is 0. The third-order valence-corrected chi connectivity index (χ3v) is 8.28. The van der Waals surface area contributed by atoms with Crippen molar-refractivity contribution in [1.29, 1.82) is 0 Å². The monoisotopic (exact) mass is 694 g/mol. The molecule has 1 atom stereocenters. The van der Waals surface area contributed by atoms with E-state index in [0.717, 1.165) is 46.6 Å². The van der Waals surface area contributed by atoms with Crippen LogP contribution < -0.4 is 15.4 Å². The number of hydrogen-bond donors (Lipinski definition) is 3. The van der Waals surface area contributed by atoms with E-state index in [2.05, 4.69) is 48.3 Å². The Labute approximate surface area is 303 Å². The van der Waals surface area contributed by atoms with Crippen molar-refractivity contribution in [2.45, 2.75) is 97.9 Å². The van der Waals surface area contributed by atoms with Gasteiger partial charge in [-0.1, -0.05) is 116 Å². The minimum atomic E-state index is -1.02. The molecular formula is C42H54N4O5. The lowest BCUT2D eigenvalue weighted by Gasteiger charge is -2.20. The fourth-order valence-corrected chi connectivity index (χ4v) is 5.28. The summed E-state index contributed by atoms with van der Waals surface area (Å²) in [6.07, 6.45) is 9.60. The zero-order valence-electron chi connectivity index (χ0n) is 31.0. The average molecular weight is 695 g/mol. The van der Waals surface area contributed by atoms with Crippen LogP contribution in [0.1, 0.15) is 102 Å². The number of amides is 2. The van der Waals surface area contributed by atoms with Crippen molar-refractivity contribution in [1.82, 2.24) is 20.6 Å². The van der Waals surface area contributed by atoms with Crippen LogP contribution in [0, 0.1) is 0 Å². The standard InChI is InChI=1S/C40H48N4O5.C2H6/c1-5-6-7-8-9-24-49-34-20-16-29(17-21-34)32-26-42-37(43-27-32)30-12-10-28(11-13-30)25-35(39(48)41-23-22-36(45)46)44-38(47)31-14-18-33(19-15-31)40(2,3)4;1-2/h10-21,26-27,35H,5-9,22-25H2,1-4H3,(H,41,48)(H,44,47)(H,45,46);1-2H3. The van der Waals surface area contributed by atoms with Gasteiger partial charge in [0.15, 0.2) is 5.82 Å². The molecule has 9 nitrogen and oxygen atoms in total. The van der Waals surface area contributed by atoms with Crippen LogP contribution in [0.2, 0.25) is 0 Å². The Kier molecular flexibility index (Phi) is 16.3. The van der Waals surface area contributed by atoms with Gasteiger partial charge in [-0.15, -0.1) is 0 Å². The molecule has 3 aromatic carbocycles. The van der Waals surface area contributed by atoms with Gasteiger partial charge in [0.05, 0.1) is 13.0 Å². The van der Waals surface area contributed by atoms with Crippen LogP contribution in [-0.2, 0) is 21.4 Å². The number of unbranched alkanes of at least 4 members (excludes halogenated alkanes) is 4. The highest BCUT2D eigenvalue weighted by molar-refractivity contribution is 5.97. The highest BCUT2D eigenvalue weighted by atomic mass is 16.5. The highest BCUT2D eigenvalue weighted by Crippen LogP contribution is 2.24. The molecule has 2 amide bonds. The Morgan fingerprint density at radius 1 is 0.784 bits per heavy atom. The highest BCUT2D eigenvalue weighted by Gasteiger charge is 2.23. The normalized spacial score (nSPS) is 11.5. The Morgan fingerprint density at radius 3 is 1.98 bits per heavy atom. The topological polar surface area (TPSA) is 131 Å². The second kappa shape index (κ2) is 20.6. The number of nitrogens with zero attached hydrogens (tertiary/aromatic N) is 2. The number of aromatic nitrogens is 2. The number of nitrogens with one attached hydrogen (secondary N) is 2. The second-order valence-electron chi connectivity index (χ2n) is 13.3. The minimum Gasteiger partial charge on any atom is -0.494 e. The molecule has 0 saturated carbocycles. The van der Waals surface area contributed by atoms with Gasteiger partial charge in [0, 0.05) is 42.0 Å². The molecule has 0 aliphatic carbocycles. The summed E-state index contributed by atoms with van der Waals surface area (Å²) in [5.74, 6) is -0.439. The van der Waals surface area contributed by atoms with Gasteiger partial charge in [-0.05, 0) is 52.8 Å². The van der Waals surface area contributed by atoms with E-state index in [0.29, 0.717) is 11.4 Å². The van der Waals surface area contributed by atoms with Crippen LogP contribution in [0.15, 0.2) is 85.2 Å². The summed E-state index contributed by atoms with van der Waals surface area (Å²) in [5, 5.41) is 14.5. The van der Waals surface area contributed by atoms with Crippen molar-refractivity contribution >= 4 is 17.8 Å². The van der Waals surface area contributed by atoms with E-state index in [-0.39, 0.29) is 30.7 Å².